The Morgan fingerprint density at radius 3 is 3.07 bits per heavy atom. The molecule has 0 radical (unpaired) electrons. The predicted octanol–water partition coefficient (Wildman–Crippen LogP) is -1.24. The maximum absolute atomic E-state index is 11.3. The van der Waals surface area contributed by atoms with Crippen LogP contribution in [0.15, 0.2) is 12.4 Å². The van der Waals surface area contributed by atoms with Gasteiger partial charge in [0.1, 0.15) is 0 Å². The van der Waals surface area contributed by atoms with Crippen molar-refractivity contribution in [2.75, 3.05) is 13.1 Å². The molecule has 0 aromatic carbocycles. The zero-order chi connectivity index (χ0) is 9.80. The van der Waals surface area contributed by atoms with Gasteiger partial charge in [0.2, 0.25) is 5.91 Å². The second-order valence-corrected chi connectivity index (χ2v) is 3.34. The fourth-order valence-corrected chi connectivity index (χ4v) is 1.26. The molecule has 76 valence electrons. The average Bonchev–Trinajstić information content (AvgIpc) is 2.60. The van der Waals surface area contributed by atoms with Crippen molar-refractivity contribution in [2.45, 2.75) is 19.0 Å². The summed E-state index contributed by atoms with van der Waals surface area (Å²) in [6.07, 6.45) is 3.81. The zero-order valence-electron chi connectivity index (χ0n) is 7.81. The van der Waals surface area contributed by atoms with Gasteiger partial charge in [-0.15, -0.1) is 5.10 Å². The van der Waals surface area contributed by atoms with E-state index in [1.807, 2.05) is 0 Å². The fraction of sp³-hybridized carbons (Fsp3) is 0.625. The minimum atomic E-state index is 0.0759. The molecule has 0 spiro atoms. The van der Waals surface area contributed by atoms with Gasteiger partial charge >= 0.3 is 0 Å². The summed E-state index contributed by atoms with van der Waals surface area (Å²) in [5, 5.41) is 13.4. The molecule has 1 amide bonds. The van der Waals surface area contributed by atoms with Gasteiger partial charge in [-0.3, -0.25) is 9.48 Å². The van der Waals surface area contributed by atoms with Gasteiger partial charge in [0.05, 0.1) is 18.8 Å². The van der Waals surface area contributed by atoms with Gasteiger partial charge < -0.3 is 10.6 Å². The third kappa shape index (κ3) is 2.29. The summed E-state index contributed by atoms with van der Waals surface area (Å²) in [4.78, 5) is 11.3. The van der Waals surface area contributed by atoms with Gasteiger partial charge in [0.25, 0.3) is 0 Å². The molecule has 2 heterocycles. The van der Waals surface area contributed by atoms with E-state index in [-0.39, 0.29) is 5.91 Å². The third-order valence-corrected chi connectivity index (χ3v) is 2.19. The number of nitrogens with zero attached hydrogens (tertiary/aromatic N) is 3. The SMILES string of the molecule is O=C(CCn1ccnn1)NC1CNC1. The molecule has 2 N–H and O–H groups in total. The normalized spacial score (nSPS) is 16.3. The number of nitrogens with one attached hydrogen (secondary N) is 2. The number of rotatable bonds is 4. The van der Waals surface area contributed by atoms with Gasteiger partial charge in [-0.05, 0) is 0 Å². The van der Waals surface area contributed by atoms with Crippen molar-refractivity contribution in [3.8, 4) is 0 Å². The second-order valence-electron chi connectivity index (χ2n) is 3.34. The Hall–Kier alpha value is -1.43. The Morgan fingerprint density at radius 2 is 2.50 bits per heavy atom. The van der Waals surface area contributed by atoms with Gasteiger partial charge in [-0.2, -0.15) is 0 Å². The lowest BCUT2D eigenvalue weighted by molar-refractivity contribution is -0.122. The maximum Gasteiger partial charge on any atom is 0.222 e. The molecule has 1 aromatic rings. The zero-order valence-corrected chi connectivity index (χ0v) is 7.81. The van der Waals surface area contributed by atoms with Crippen molar-refractivity contribution < 1.29 is 4.79 Å². The first kappa shape index (κ1) is 9.14. The van der Waals surface area contributed by atoms with E-state index in [1.165, 1.54) is 0 Å². The van der Waals surface area contributed by atoms with Crippen molar-refractivity contribution in [2.24, 2.45) is 0 Å². The van der Waals surface area contributed by atoms with E-state index < -0.39 is 0 Å². The summed E-state index contributed by atoms with van der Waals surface area (Å²) in [6.45, 7) is 2.36. The molecular weight excluding hydrogens is 182 g/mol. The molecule has 0 unspecified atom stereocenters. The number of aromatic nitrogens is 3. The van der Waals surface area contributed by atoms with Gasteiger partial charge in [0, 0.05) is 25.7 Å². The highest BCUT2D eigenvalue weighted by Crippen LogP contribution is 1.93. The molecule has 0 saturated carbocycles. The van der Waals surface area contributed by atoms with Gasteiger partial charge in [-0.25, -0.2) is 0 Å². The highest BCUT2D eigenvalue weighted by atomic mass is 16.1. The molecular formula is C8H13N5O. The number of amides is 1. The molecule has 6 heteroatoms. The van der Waals surface area contributed by atoms with Crippen LogP contribution in [0.5, 0.6) is 0 Å². The number of carbonyl (C=O) groups is 1. The van der Waals surface area contributed by atoms with E-state index in [2.05, 4.69) is 20.9 Å². The van der Waals surface area contributed by atoms with Crippen molar-refractivity contribution in [1.82, 2.24) is 25.6 Å². The van der Waals surface area contributed by atoms with Crippen LogP contribution < -0.4 is 10.6 Å². The van der Waals surface area contributed by atoms with E-state index in [4.69, 9.17) is 0 Å². The van der Waals surface area contributed by atoms with Gasteiger partial charge in [-0.1, -0.05) is 5.21 Å². The monoisotopic (exact) mass is 195 g/mol. The minimum Gasteiger partial charge on any atom is -0.351 e. The molecule has 0 atom stereocenters. The summed E-state index contributed by atoms with van der Waals surface area (Å²) < 4.78 is 1.65. The largest absolute Gasteiger partial charge is 0.351 e. The van der Waals surface area contributed by atoms with Gasteiger partial charge in [0.15, 0.2) is 0 Å². The van der Waals surface area contributed by atoms with Crippen molar-refractivity contribution in [1.29, 1.82) is 0 Å². The fourth-order valence-electron chi connectivity index (χ4n) is 1.26. The van der Waals surface area contributed by atoms with Crippen molar-refractivity contribution in [3.63, 3.8) is 0 Å². The first-order chi connectivity index (χ1) is 6.84. The van der Waals surface area contributed by atoms with Crippen LogP contribution in [-0.2, 0) is 11.3 Å². The molecule has 0 bridgehead atoms. The van der Waals surface area contributed by atoms with Crippen molar-refractivity contribution in [3.05, 3.63) is 12.4 Å². The summed E-state index contributed by atoms with van der Waals surface area (Å²) in [5.74, 6) is 0.0759. The van der Waals surface area contributed by atoms with Crippen LogP contribution in [0.2, 0.25) is 0 Å². The molecule has 1 aliphatic heterocycles. The lowest BCUT2D eigenvalue weighted by atomic mass is 10.2. The Kier molecular flexibility index (Phi) is 2.73. The lowest BCUT2D eigenvalue weighted by Gasteiger charge is -2.27. The summed E-state index contributed by atoms with van der Waals surface area (Å²) in [6, 6.07) is 0.318. The molecule has 2 rings (SSSR count). The van der Waals surface area contributed by atoms with Crippen LogP contribution in [0.1, 0.15) is 6.42 Å². The Labute approximate surface area is 81.7 Å². The van der Waals surface area contributed by atoms with Crippen LogP contribution in [0.25, 0.3) is 0 Å². The number of aryl methyl sites for hydroxylation is 1. The maximum atomic E-state index is 11.3. The summed E-state index contributed by atoms with van der Waals surface area (Å²) in [7, 11) is 0. The minimum absolute atomic E-state index is 0.0759. The molecule has 1 aliphatic rings. The van der Waals surface area contributed by atoms with E-state index in [1.54, 1.807) is 17.1 Å². The molecule has 6 nitrogen and oxygen atoms in total. The Morgan fingerprint density at radius 1 is 1.64 bits per heavy atom. The Bertz CT molecular complexity index is 293. The third-order valence-electron chi connectivity index (χ3n) is 2.19. The molecule has 14 heavy (non-hydrogen) atoms. The van der Waals surface area contributed by atoms with E-state index in [0.29, 0.717) is 19.0 Å². The second kappa shape index (κ2) is 4.19. The lowest BCUT2D eigenvalue weighted by Crippen LogP contribution is -2.57. The van der Waals surface area contributed by atoms with Crippen LogP contribution in [0.3, 0.4) is 0 Å². The topological polar surface area (TPSA) is 71.8 Å². The summed E-state index contributed by atoms with van der Waals surface area (Å²) >= 11 is 0. The number of hydrogen-bond donors (Lipinski definition) is 2. The van der Waals surface area contributed by atoms with E-state index in [0.717, 1.165) is 13.1 Å². The quantitative estimate of drug-likeness (QED) is 0.630. The first-order valence-corrected chi connectivity index (χ1v) is 4.69. The molecule has 1 fully saturated rings. The summed E-state index contributed by atoms with van der Waals surface area (Å²) in [5.41, 5.74) is 0. The molecule has 0 aliphatic carbocycles. The van der Waals surface area contributed by atoms with E-state index in [9.17, 15) is 4.79 Å². The predicted molar refractivity (Wildman–Crippen MR) is 49.4 cm³/mol. The Balaban J connectivity index is 1.67. The highest BCUT2D eigenvalue weighted by molar-refractivity contribution is 5.76. The molecule has 1 aromatic heterocycles. The van der Waals surface area contributed by atoms with E-state index >= 15 is 0 Å². The number of carbonyl (C=O) groups excluding carboxylic acids is 1. The van der Waals surface area contributed by atoms with Crippen LogP contribution in [-0.4, -0.2) is 40.0 Å². The average molecular weight is 195 g/mol. The highest BCUT2D eigenvalue weighted by Gasteiger charge is 2.18. The smallest absolute Gasteiger partial charge is 0.222 e. The van der Waals surface area contributed by atoms with Crippen LogP contribution >= 0.6 is 0 Å². The van der Waals surface area contributed by atoms with Crippen LogP contribution in [0.4, 0.5) is 0 Å². The van der Waals surface area contributed by atoms with Crippen LogP contribution in [0, 0.1) is 0 Å². The number of hydrogen-bond acceptors (Lipinski definition) is 4. The van der Waals surface area contributed by atoms with Crippen molar-refractivity contribution >= 4 is 5.91 Å². The standard InChI is InChI=1S/C8H13N5O/c14-8(11-7-5-9-6-7)1-3-13-4-2-10-12-13/h2,4,7,9H,1,3,5-6H2,(H,11,14). The molecule has 1 saturated heterocycles. The first-order valence-electron chi connectivity index (χ1n) is 4.69.